The van der Waals surface area contributed by atoms with Gasteiger partial charge in [0, 0.05) is 6.61 Å². The smallest absolute Gasteiger partial charge is 0.341 e. The van der Waals surface area contributed by atoms with Crippen molar-refractivity contribution in [2.24, 2.45) is 5.92 Å². The fourth-order valence-electron chi connectivity index (χ4n) is 2.25. The van der Waals surface area contributed by atoms with E-state index in [2.05, 4.69) is 5.32 Å². The molecule has 1 aliphatic rings. The zero-order chi connectivity index (χ0) is 16.1. The molecule has 0 aromatic heterocycles. The molecule has 1 aromatic carbocycles. The summed E-state index contributed by atoms with van der Waals surface area (Å²) >= 11 is 0. The van der Waals surface area contributed by atoms with Crippen LogP contribution in [-0.4, -0.2) is 36.3 Å². The topological polar surface area (TPSA) is 84.9 Å². The summed E-state index contributed by atoms with van der Waals surface area (Å²) in [6.07, 6.45) is 0.845. The molecule has 2 rings (SSSR count). The van der Waals surface area contributed by atoms with Crippen molar-refractivity contribution in [2.45, 2.75) is 32.4 Å². The first-order valence-corrected chi connectivity index (χ1v) is 7.37. The third-order valence-corrected chi connectivity index (χ3v) is 3.55. The van der Waals surface area contributed by atoms with Crippen molar-refractivity contribution in [1.82, 2.24) is 5.32 Å². The van der Waals surface area contributed by atoms with Crippen LogP contribution in [-0.2, 0) is 14.3 Å². The van der Waals surface area contributed by atoms with Gasteiger partial charge in [0.25, 0.3) is 0 Å². The fraction of sp³-hybridized carbons (Fsp3) is 0.500. The predicted molar refractivity (Wildman–Crippen MR) is 79.7 cm³/mol. The average Bonchev–Trinajstić information content (AvgIpc) is 3.25. The molecule has 6 heteroatoms. The quantitative estimate of drug-likeness (QED) is 0.764. The molecule has 1 aliphatic carbocycles. The van der Waals surface area contributed by atoms with Crippen molar-refractivity contribution in [2.75, 3.05) is 13.2 Å². The molecule has 2 N–H and O–H groups in total. The highest BCUT2D eigenvalue weighted by atomic mass is 16.5. The van der Waals surface area contributed by atoms with E-state index in [9.17, 15) is 9.59 Å². The number of ether oxygens (including phenoxy) is 2. The van der Waals surface area contributed by atoms with Crippen LogP contribution in [0.5, 0.6) is 5.75 Å². The Kier molecular flexibility index (Phi) is 5.38. The molecular formula is C16H21NO5. The molecule has 1 aromatic rings. The maximum absolute atomic E-state index is 12.0. The van der Waals surface area contributed by atoms with Gasteiger partial charge in [-0.05, 0) is 38.0 Å². The SMILES string of the molecule is CCOC1CC1C(=O)NC(C)c1ccc(OCC(=O)O)cc1. The first-order valence-electron chi connectivity index (χ1n) is 7.37. The lowest BCUT2D eigenvalue weighted by Gasteiger charge is -2.15. The van der Waals surface area contributed by atoms with Gasteiger partial charge in [0.05, 0.1) is 18.1 Å². The van der Waals surface area contributed by atoms with Gasteiger partial charge >= 0.3 is 5.97 Å². The van der Waals surface area contributed by atoms with Crippen LogP contribution in [0, 0.1) is 5.92 Å². The van der Waals surface area contributed by atoms with E-state index in [1.54, 1.807) is 12.1 Å². The second-order valence-corrected chi connectivity index (χ2v) is 5.32. The summed E-state index contributed by atoms with van der Waals surface area (Å²) in [5.74, 6) is -0.556. The van der Waals surface area contributed by atoms with Gasteiger partial charge in [-0.1, -0.05) is 12.1 Å². The Hall–Kier alpha value is -2.08. The van der Waals surface area contributed by atoms with Crippen LogP contribution in [0.1, 0.15) is 31.9 Å². The van der Waals surface area contributed by atoms with Gasteiger partial charge in [-0.3, -0.25) is 4.79 Å². The van der Waals surface area contributed by atoms with E-state index >= 15 is 0 Å². The number of amides is 1. The summed E-state index contributed by atoms with van der Waals surface area (Å²) in [6, 6.07) is 6.90. The van der Waals surface area contributed by atoms with E-state index in [-0.39, 0.29) is 30.6 Å². The van der Waals surface area contributed by atoms with Gasteiger partial charge in [-0.2, -0.15) is 0 Å². The third-order valence-electron chi connectivity index (χ3n) is 3.55. The number of rotatable bonds is 8. The van der Waals surface area contributed by atoms with E-state index in [1.165, 1.54) is 0 Å². The van der Waals surface area contributed by atoms with E-state index in [1.807, 2.05) is 26.0 Å². The Morgan fingerprint density at radius 2 is 2.05 bits per heavy atom. The molecule has 1 saturated carbocycles. The fourth-order valence-corrected chi connectivity index (χ4v) is 2.25. The lowest BCUT2D eigenvalue weighted by molar-refractivity contribution is -0.139. The van der Waals surface area contributed by atoms with E-state index < -0.39 is 5.97 Å². The largest absolute Gasteiger partial charge is 0.482 e. The number of hydrogen-bond donors (Lipinski definition) is 2. The van der Waals surface area contributed by atoms with Crippen molar-refractivity contribution in [1.29, 1.82) is 0 Å². The zero-order valence-corrected chi connectivity index (χ0v) is 12.7. The second kappa shape index (κ2) is 7.26. The van der Waals surface area contributed by atoms with Gasteiger partial charge < -0.3 is 19.9 Å². The minimum absolute atomic E-state index is 0.0113. The highest BCUT2D eigenvalue weighted by Gasteiger charge is 2.44. The average molecular weight is 307 g/mol. The molecular weight excluding hydrogens is 286 g/mol. The summed E-state index contributed by atoms with van der Waals surface area (Å²) in [5, 5.41) is 11.5. The zero-order valence-electron chi connectivity index (χ0n) is 12.7. The van der Waals surface area contributed by atoms with Crippen LogP contribution in [0.3, 0.4) is 0 Å². The second-order valence-electron chi connectivity index (χ2n) is 5.32. The summed E-state index contributed by atoms with van der Waals surface area (Å²) in [5.41, 5.74) is 0.935. The Balaban J connectivity index is 1.83. The molecule has 0 bridgehead atoms. The molecule has 0 heterocycles. The van der Waals surface area contributed by atoms with Crippen LogP contribution in [0.2, 0.25) is 0 Å². The maximum Gasteiger partial charge on any atom is 0.341 e. The van der Waals surface area contributed by atoms with Crippen molar-refractivity contribution in [3.05, 3.63) is 29.8 Å². The van der Waals surface area contributed by atoms with E-state index in [0.29, 0.717) is 12.4 Å². The number of carboxylic acid groups (broad SMARTS) is 1. The van der Waals surface area contributed by atoms with Crippen molar-refractivity contribution in [3.8, 4) is 5.75 Å². The summed E-state index contributed by atoms with van der Waals surface area (Å²) in [7, 11) is 0. The van der Waals surface area contributed by atoms with Crippen LogP contribution in [0.15, 0.2) is 24.3 Å². The minimum atomic E-state index is -1.02. The Morgan fingerprint density at radius 1 is 1.36 bits per heavy atom. The molecule has 3 atom stereocenters. The molecule has 6 nitrogen and oxygen atoms in total. The van der Waals surface area contributed by atoms with Crippen molar-refractivity contribution in [3.63, 3.8) is 0 Å². The number of nitrogens with one attached hydrogen (secondary N) is 1. The van der Waals surface area contributed by atoms with Gasteiger partial charge in [-0.25, -0.2) is 4.79 Å². The highest BCUT2D eigenvalue weighted by Crippen LogP contribution is 2.34. The van der Waals surface area contributed by atoms with E-state index in [0.717, 1.165) is 12.0 Å². The number of aliphatic carboxylic acids is 1. The first-order chi connectivity index (χ1) is 10.5. The number of benzene rings is 1. The first kappa shape index (κ1) is 16.3. The maximum atomic E-state index is 12.0. The molecule has 3 unspecified atom stereocenters. The molecule has 22 heavy (non-hydrogen) atoms. The lowest BCUT2D eigenvalue weighted by atomic mass is 10.1. The molecule has 0 radical (unpaired) electrons. The Bertz CT molecular complexity index is 528. The van der Waals surface area contributed by atoms with E-state index in [4.69, 9.17) is 14.6 Å². The standard InChI is InChI=1S/C16H21NO5/c1-3-21-14-8-13(14)16(20)17-10(2)11-4-6-12(7-5-11)22-9-15(18)19/h4-7,10,13-14H,3,8-9H2,1-2H3,(H,17,20)(H,18,19). The van der Waals surface area contributed by atoms with Crippen LogP contribution < -0.4 is 10.1 Å². The van der Waals surface area contributed by atoms with Gasteiger partial charge in [-0.15, -0.1) is 0 Å². The summed E-state index contributed by atoms with van der Waals surface area (Å²) in [4.78, 5) is 22.5. The van der Waals surface area contributed by atoms with Gasteiger partial charge in [0.2, 0.25) is 5.91 Å². The third kappa shape index (κ3) is 4.46. The van der Waals surface area contributed by atoms with Gasteiger partial charge in [0.15, 0.2) is 6.61 Å². The van der Waals surface area contributed by atoms with Crippen LogP contribution in [0.4, 0.5) is 0 Å². The van der Waals surface area contributed by atoms with Crippen LogP contribution in [0.25, 0.3) is 0 Å². The molecule has 1 fully saturated rings. The monoisotopic (exact) mass is 307 g/mol. The molecule has 1 amide bonds. The molecule has 0 spiro atoms. The number of carbonyl (C=O) groups excluding carboxylic acids is 1. The highest BCUT2D eigenvalue weighted by molar-refractivity contribution is 5.82. The number of carboxylic acids is 1. The Morgan fingerprint density at radius 3 is 2.64 bits per heavy atom. The normalized spacial score (nSPS) is 21.0. The molecule has 120 valence electrons. The summed E-state index contributed by atoms with van der Waals surface area (Å²) < 4.78 is 10.5. The minimum Gasteiger partial charge on any atom is -0.482 e. The summed E-state index contributed by atoms with van der Waals surface area (Å²) in [6.45, 7) is 4.08. The molecule has 0 aliphatic heterocycles. The van der Waals surface area contributed by atoms with Crippen molar-refractivity contribution < 1.29 is 24.2 Å². The van der Waals surface area contributed by atoms with Crippen LogP contribution >= 0.6 is 0 Å². The van der Waals surface area contributed by atoms with Crippen molar-refractivity contribution >= 4 is 11.9 Å². The lowest BCUT2D eigenvalue weighted by Crippen LogP contribution is -2.29. The number of carbonyl (C=O) groups is 2. The Labute approximate surface area is 129 Å². The van der Waals surface area contributed by atoms with Gasteiger partial charge in [0.1, 0.15) is 5.75 Å². The predicted octanol–water partition coefficient (Wildman–Crippen LogP) is 1.75. The number of hydrogen-bond acceptors (Lipinski definition) is 4. The molecule has 0 saturated heterocycles.